The molecule has 1 aliphatic rings. The summed E-state index contributed by atoms with van der Waals surface area (Å²) in [7, 11) is 0. The Morgan fingerprint density at radius 1 is 1.38 bits per heavy atom. The molecular weight excluding hydrogens is 192 g/mol. The fourth-order valence-electron chi connectivity index (χ4n) is 2.47. The van der Waals surface area contributed by atoms with E-state index in [-0.39, 0.29) is 0 Å². The molecule has 0 spiro atoms. The summed E-state index contributed by atoms with van der Waals surface area (Å²) < 4.78 is 0. The monoisotopic (exact) mass is 216 g/mol. The average molecular weight is 216 g/mol. The van der Waals surface area contributed by atoms with E-state index in [1.165, 1.54) is 30.4 Å². The summed E-state index contributed by atoms with van der Waals surface area (Å²) in [4.78, 5) is 0. The van der Waals surface area contributed by atoms with Gasteiger partial charge in [0, 0.05) is 0 Å². The molecule has 1 rings (SSSR count). The second-order valence-electron chi connectivity index (χ2n) is 5.41. The van der Waals surface area contributed by atoms with Crippen LogP contribution < -0.4 is 0 Å². The topological polar surface area (TPSA) is 0 Å². The molecule has 0 heterocycles. The van der Waals surface area contributed by atoms with Crippen LogP contribution in [0, 0.1) is 5.41 Å². The third kappa shape index (κ3) is 3.23. The van der Waals surface area contributed by atoms with Gasteiger partial charge in [-0.25, -0.2) is 0 Å². The van der Waals surface area contributed by atoms with Gasteiger partial charge in [0.25, 0.3) is 0 Å². The van der Waals surface area contributed by atoms with E-state index >= 15 is 0 Å². The van der Waals surface area contributed by atoms with Crippen molar-refractivity contribution in [2.24, 2.45) is 5.41 Å². The fourth-order valence-corrected chi connectivity index (χ4v) is 2.47. The molecule has 0 radical (unpaired) electrons. The molecule has 0 aromatic carbocycles. The molecule has 0 fully saturated rings. The minimum absolute atomic E-state index is 0.341. The SMILES string of the molecule is C=C/C=C(C)/C=C/C1=C(C)CCCC1(C)C. The van der Waals surface area contributed by atoms with E-state index in [1.54, 1.807) is 5.57 Å². The van der Waals surface area contributed by atoms with Crippen LogP contribution in [0.4, 0.5) is 0 Å². The van der Waals surface area contributed by atoms with Crippen molar-refractivity contribution in [3.05, 3.63) is 47.6 Å². The normalized spacial score (nSPS) is 21.6. The molecule has 1 aliphatic carbocycles. The van der Waals surface area contributed by atoms with Crippen molar-refractivity contribution >= 4 is 0 Å². The predicted molar refractivity (Wildman–Crippen MR) is 73.4 cm³/mol. The van der Waals surface area contributed by atoms with Crippen molar-refractivity contribution in [3.63, 3.8) is 0 Å². The van der Waals surface area contributed by atoms with Crippen LogP contribution in [0.15, 0.2) is 47.6 Å². The Morgan fingerprint density at radius 2 is 2.06 bits per heavy atom. The molecule has 0 aromatic rings. The van der Waals surface area contributed by atoms with Gasteiger partial charge in [-0.05, 0) is 44.1 Å². The van der Waals surface area contributed by atoms with Crippen molar-refractivity contribution in [2.75, 3.05) is 0 Å². The highest BCUT2D eigenvalue weighted by molar-refractivity contribution is 5.36. The lowest BCUT2D eigenvalue weighted by molar-refractivity contribution is 0.377. The molecule has 0 aromatic heterocycles. The van der Waals surface area contributed by atoms with Crippen LogP contribution in [0.3, 0.4) is 0 Å². The summed E-state index contributed by atoms with van der Waals surface area (Å²) in [5, 5.41) is 0. The Kier molecular flexibility index (Phi) is 4.35. The van der Waals surface area contributed by atoms with Crippen LogP contribution >= 0.6 is 0 Å². The van der Waals surface area contributed by atoms with Gasteiger partial charge in [-0.15, -0.1) is 0 Å². The van der Waals surface area contributed by atoms with Gasteiger partial charge in [0.2, 0.25) is 0 Å². The fraction of sp³-hybridized carbons (Fsp3) is 0.500. The number of allylic oxidation sites excluding steroid dienone is 7. The van der Waals surface area contributed by atoms with Gasteiger partial charge in [0.1, 0.15) is 0 Å². The van der Waals surface area contributed by atoms with Crippen LogP contribution in [-0.4, -0.2) is 0 Å². The quantitative estimate of drug-likeness (QED) is 0.569. The maximum absolute atomic E-state index is 3.72. The molecule has 0 heteroatoms. The predicted octanol–water partition coefficient (Wildman–Crippen LogP) is 5.20. The summed E-state index contributed by atoms with van der Waals surface area (Å²) in [6, 6.07) is 0. The van der Waals surface area contributed by atoms with E-state index in [2.05, 4.69) is 46.4 Å². The Labute approximate surface area is 100 Å². The first-order valence-corrected chi connectivity index (χ1v) is 6.15. The first-order valence-electron chi connectivity index (χ1n) is 6.15. The highest BCUT2D eigenvalue weighted by atomic mass is 14.3. The van der Waals surface area contributed by atoms with Gasteiger partial charge in [-0.2, -0.15) is 0 Å². The second-order valence-corrected chi connectivity index (χ2v) is 5.41. The van der Waals surface area contributed by atoms with Gasteiger partial charge in [0.05, 0.1) is 0 Å². The van der Waals surface area contributed by atoms with Crippen LogP contribution in [0.25, 0.3) is 0 Å². The summed E-state index contributed by atoms with van der Waals surface area (Å²) >= 11 is 0. The maximum Gasteiger partial charge on any atom is -0.0104 e. The summed E-state index contributed by atoms with van der Waals surface area (Å²) in [5.41, 5.74) is 4.68. The van der Waals surface area contributed by atoms with Gasteiger partial charge < -0.3 is 0 Å². The zero-order chi connectivity index (χ0) is 12.2. The Balaban J connectivity index is 2.93. The minimum Gasteiger partial charge on any atom is -0.0991 e. The van der Waals surface area contributed by atoms with Gasteiger partial charge in [-0.3, -0.25) is 0 Å². The Morgan fingerprint density at radius 3 is 2.62 bits per heavy atom. The van der Waals surface area contributed by atoms with E-state index in [1.807, 2.05) is 12.2 Å². The highest BCUT2D eigenvalue weighted by Crippen LogP contribution is 2.40. The minimum atomic E-state index is 0.341. The maximum atomic E-state index is 3.72. The van der Waals surface area contributed by atoms with Crippen molar-refractivity contribution < 1.29 is 0 Å². The van der Waals surface area contributed by atoms with Gasteiger partial charge >= 0.3 is 0 Å². The summed E-state index contributed by atoms with van der Waals surface area (Å²) in [6.45, 7) is 12.8. The molecule has 0 aliphatic heterocycles. The van der Waals surface area contributed by atoms with Crippen LogP contribution in [0.1, 0.15) is 47.0 Å². The van der Waals surface area contributed by atoms with E-state index < -0.39 is 0 Å². The van der Waals surface area contributed by atoms with Crippen molar-refractivity contribution in [1.29, 1.82) is 0 Å². The Bertz CT molecular complexity index is 348. The van der Waals surface area contributed by atoms with Gasteiger partial charge in [0.15, 0.2) is 0 Å². The molecular formula is C16H24. The standard InChI is InChI=1S/C16H24/c1-6-8-13(2)10-11-15-14(3)9-7-12-16(15,4)5/h6,8,10-11H,1,7,9,12H2,2-5H3/b11-10+,13-8+. The van der Waals surface area contributed by atoms with E-state index in [0.717, 1.165) is 0 Å². The molecule has 88 valence electrons. The first-order chi connectivity index (χ1) is 7.47. The van der Waals surface area contributed by atoms with Crippen molar-refractivity contribution in [1.82, 2.24) is 0 Å². The molecule has 0 N–H and O–H groups in total. The second kappa shape index (κ2) is 5.34. The lowest BCUT2D eigenvalue weighted by Crippen LogP contribution is -2.19. The molecule has 0 bridgehead atoms. The van der Waals surface area contributed by atoms with E-state index in [4.69, 9.17) is 0 Å². The van der Waals surface area contributed by atoms with Gasteiger partial charge in [-0.1, -0.05) is 55.9 Å². The summed E-state index contributed by atoms with van der Waals surface area (Å²) in [6.07, 6.45) is 12.3. The number of hydrogen-bond donors (Lipinski definition) is 0. The lowest BCUT2D eigenvalue weighted by Gasteiger charge is -2.32. The lowest BCUT2D eigenvalue weighted by atomic mass is 9.72. The van der Waals surface area contributed by atoms with Crippen LogP contribution in [0.2, 0.25) is 0 Å². The average Bonchev–Trinajstić information content (AvgIpc) is 2.16. The smallest absolute Gasteiger partial charge is 0.0104 e. The van der Waals surface area contributed by atoms with Crippen LogP contribution in [0.5, 0.6) is 0 Å². The largest absolute Gasteiger partial charge is 0.0991 e. The zero-order valence-electron chi connectivity index (χ0n) is 11.1. The number of hydrogen-bond acceptors (Lipinski definition) is 0. The summed E-state index contributed by atoms with van der Waals surface area (Å²) in [5.74, 6) is 0. The molecule has 0 nitrogen and oxygen atoms in total. The molecule has 16 heavy (non-hydrogen) atoms. The third-order valence-corrected chi connectivity index (χ3v) is 3.44. The number of rotatable bonds is 3. The molecule has 0 amide bonds. The molecule has 0 saturated carbocycles. The van der Waals surface area contributed by atoms with Crippen molar-refractivity contribution in [2.45, 2.75) is 47.0 Å². The highest BCUT2D eigenvalue weighted by Gasteiger charge is 2.26. The molecule has 0 saturated heterocycles. The van der Waals surface area contributed by atoms with E-state index in [9.17, 15) is 0 Å². The third-order valence-electron chi connectivity index (χ3n) is 3.44. The molecule has 0 unspecified atom stereocenters. The van der Waals surface area contributed by atoms with E-state index in [0.29, 0.717) is 5.41 Å². The first kappa shape index (κ1) is 13.0. The van der Waals surface area contributed by atoms with Crippen LogP contribution in [-0.2, 0) is 0 Å². The molecule has 0 atom stereocenters. The Hall–Kier alpha value is -1.04. The van der Waals surface area contributed by atoms with Crippen molar-refractivity contribution in [3.8, 4) is 0 Å². The zero-order valence-corrected chi connectivity index (χ0v) is 11.1.